The summed E-state index contributed by atoms with van der Waals surface area (Å²) in [5, 5.41) is 8.86. The molecule has 1 aromatic heterocycles. The number of amides is 1. The molecule has 18 heavy (non-hydrogen) atoms. The van der Waals surface area contributed by atoms with E-state index in [4.69, 9.17) is 5.11 Å². The molecular formula is C13H17NO3S. The maximum atomic E-state index is 12.2. The summed E-state index contributed by atoms with van der Waals surface area (Å²) < 4.78 is 0. The number of carboxylic acids is 1. The molecule has 1 amide bonds. The van der Waals surface area contributed by atoms with Crippen molar-refractivity contribution in [3.05, 3.63) is 21.9 Å². The summed E-state index contributed by atoms with van der Waals surface area (Å²) in [6, 6.07) is 3.12. The van der Waals surface area contributed by atoms with Crippen LogP contribution in [0.2, 0.25) is 0 Å². The largest absolute Gasteiger partial charge is 0.477 e. The van der Waals surface area contributed by atoms with Crippen LogP contribution in [-0.4, -0.2) is 35.0 Å². The normalized spacial score (nSPS) is 20.5. The smallest absolute Gasteiger partial charge is 0.345 e. The monoisotopic (exact) mass is 267 g/mol. The van der Waals surface area contributed by atoms with Crippen molar-refractivity contribution in [2.24, 2.45) is 5.92 Å². The molecule has 1 N–H and O–H groups in total. The van der Waals surface area contributed by atoms with Gasteiger partial charge in [-0.15, -0.1) is 11.3 Å². The van der Waals surface area contributed by atoms with Gasteiger partial charge in [-0.3, -0.25) is 4.79 Å². The lowest BCUT2D eigenvalue weighted by molar-refractivity contribution is 0.0701. The first-order chi connectivity index (χ1) is 8.58. The number of likely N-dealkylation sites (tertiary alicyclic amines) is 1. The van der Waals surface area contributed by atoms with E-state index < -0.39 is 5.97 Å². The molecule has 0 aliphatic carbocycles. The third-order valence-corrected chi connectivity index (χ3v) is 4.39. The van der Waals surface area contributed by atoms with E-state index in [1.165, 1.54) is 6.07 Å². The molecule has 0 saturated carbocycles. The standard InChI is InChI=1S/C13H17NO3S/c1-9-3-2-7-14(8-6-9)12(15)10-4-5-11(18-10)13(16)17/h4-5,9H,2-3,6-8H2,1H3,(H,16,17). The molecular weight excluding hydrogens is 250 g/mol. The number of carboxylic acid groups (broad SMARTS) is 1. The Bertz CT molecular complexity index is 455. The van der Waals surface area contributed by atoms with Gasteiger partial charge in [-0.05, 0) is 37.3 Å². The van der Waals surface area contributed by atoms with Gasteiger partial charge in [0.2, 0.25) is 0 Å². The topological polar surface area (TPSA) is 57.6 Å². The Balaban J connectivity index is 2.07. The van der Waals surface area contributed by atoms with E-state index in [0.717, 1.165) is 43.7 Å². The second-order valence-electron chi connectivity index (χ2n) is 4.80. The Morgan fingerprint density at radius 1 is 1.28 bits per heavy atom. The summed E-state index contributed by atoms with van der Waals surface area (Å²) in [4.78, 5) is 25.6. The first-order valence-electron chi connectivity index (χ1n) is 6.20. The SMILES string of the molecule is CC1CCCN(C(=O)c2ccc(C(=O)O)s2)CC1. The zero-order chi connectivity index (χ0) is 13.1. The second kappa shape index (κ2) is 5.52. The summed E-state index contributed by atoms with van der Waals surface area (Å²) in [6.45, 7) is 3.77. The number of nitrogens with zero attached hydrogens (tertiary/aromatic N) is 1. The number of hydrogen-bond acceptors (Lipinski definition) is 3. The molecule has 0 spiro atoms. The van der Waals surface area contributed by atoms with Crippen molar-refractivity contribution in [2.75, 3.05) is 13.1 Å². The molecule has 0 bridgehead atoms. The Hall–Kier alpha value is -1.36. The maximum Gasteiger partial charge on any atom is 0.345 e. The van der Waals surface area contributed by atoms with Crippen molar-refractivity contribution in [3.63, 3.8) is 0 Å². The summed E-state index contributed by atoms with van der Waals surface area (Å²) in [7, 11) is 0. The lowest BCUT2D eigenvalue weighted by Gasteiger charge is -2.19. The van der Waals surface area contributed by atoms with Crippen molar-refractivity contribution in [1.82, 2.24) is 4.90 Å². The van der Waals surface area contributed by atoms with Crippen LogP contribution in [0.1, 0.15) is 45.5 Å². The molecule has 1 saturated heterocycles. The van der Waals surface area contributed by atoms with Gasteiger partial charge in [-0.25, -0.2) is 4.79 Å². The summed E-state index contributed by atoms with van der Waals surface area (Å²) >= 11 is 1.06. The molecule has 4 nitrogen and oxygen atoms in total. The second-order valence-corrected chi connectivity index (χ2v) is 5.88. The van der Waals surface area contributed by atoms with Gasteiger partial charge in [0, 0.05) is 13.1 Å². The summed E-state index contributed by atoms with van der Waals surface area (Å²) in [6.07, 6.45) is 3.22. The van der Waals surface area contributed by atoms with E-state index in [-0.39, 0.29) is 10.8 Å². The first-order valence-corrected chi connectivity index (χ1v) is 7.02. The predicted octanol–water partition coefficient (Wildman–Crippen LogP) is 2.71. The first kappa shape index (κ1) is 13.1. The highest BCUT2D eigenvalue weighted by atomic mass is 32.1. The Kier molecular flexibility index (Phi) is 4.01. The third kappa shape index (κ3) is 2.90. The van der Waals surface area contributed by atoms with Crippen LogP contribution in [0, 0.1) is 5.92 Å². The van der Waals surface area contributed by atoms with E-state index in [2.05, 4.69) is 6.92 Å². The Morgan fingerprint density at radius 3 is 2.67 bits per heavy atom. The highest BCUT2D eigenvalue weighted by Crippen LogP contribution is 2.22. The van der Waals surface area contributed by atoms with Crippen LogP contribution in [0.4, 0.5) is 0 Å². The molecule has 1 aliphatic rings. The minimum Gasteiger partial charge on any atom is -0.477 e. The zero-order valence-electron chi connectivity index (χ0n) is 10.4. The fourth-order valence-electron chi connectivity index (χ4n) is 2.19. The lowest BCUT2D eigenvalue weighted by atomic mass is 10.0. The van der Waals surface area contributed by atoms with Crippen molar-refractivity contribution in [2.45, 2.75) is 26.2 Å². The van der Waals surface area contributed by atoms with Crippen molar-refractivity contribution >= 4 is 23.2 Å². The fraction of sp³-hybridized carbons (Fsp3) is 0.538. The van der Waals surface area contributed by atoms with Gasteiger partial charge in [-0.1, -0.05) is 6.92 Å². The van der Waals surface area contributed by atoms with E-state index in [1.807, 2.05) is 4.90 Å². The molecule has 98 valence electrons. The average molecular weight is 267 g/mol. The minimum atomic E-state index is -0.969. The van der Waals surface area contributed by atoms with Crippen molar-refractivity contribution < 1.29 is 14.7 Å². The van der Waals surface area contributed by atoms with Crippen LogP contribution >= 0.6 is 11.3 Å². The molecule has 0 aromatic carbocycles. The summed E-state index contributed by atoms with van der Waals surface area (Å²) in [5.74, 6) is -0.328. The van der Waals surface area contributed by atoms with Crippen LogP contribution in [0.5, 0.6) is 0 Å². The number of aromatic carboxylic acids is 1. The zero-order valence-corrected chi connectivity index (χ0v) is 11.2. The van der Waals surface area contributed by atoms with Gasteiger partial charge in [0.1, 0.15) is 4.88 Å². The quantitative estimate of drug-likeness (QED) is 0.896. The minimum absolute atomic E-state index is 0.0263. The van der Waals surface area contributed by atoms with E-state index >= 15 is 0 Å². The molecule has 5 heteroatoms. The highest BCUT2D eigenvalue weighted by Gasteiger charge is 2.21. The average Bonchev–Trinajstić information content (AvgIpc) is 2.73. The summed E-state index contributed by atoms with van der Waals surface area (Å²) in [5.41, 5.74) is 0. The van der Waals surface area contributed by atoms with Crippen LogP contribution in [0.25, 0.3) is 0 Å². The number of hydrogen-bond donors (Lipinski definition) is 1. The number of carbonyl (C=O) groups is 2. The highest BCUT2D eigenvalue weighted by molar-refractivity contribution is 7.15. The molecule has 2 rings (SSSR count). The van der Waals surface area contributed by atoms with Crippen LogP contribution < -0.4 is 0 Å². The molecule has 1 unspecified atom stereocenters. The van der Waals surface area contributed by atoms with Gasteiger partial charge < -0.3 is 10.0 Å². The van der Waals surface area contributed by atoms with E-state index in [0.29, 0.717) is 10.8 Å². The van der Waals surface area contributed by atoms with Crippen LogP contribution in [0.3, 0.4) is 0 Å². The van der Waals surface area contributed by atoms with Crippen LogP contribution in [-0.2, 0) is 0 Å². The lowest BCUT2D eigenvalue weighted by Crippen LogP contribution is -2.31. The Labute approximate surface area is 110 Å². The van der Waals surface area contributed by atoms with Crippen LogP contribution in [0.15, 0.2) is 12.1 Å². The molecule has 1 aromatic rings. The molecule has 0 radical (unpaired) electrons. The van der Waals surface area contributed by atoms with Crippen molar-refractivity contribution in [3.8, 4) is 0 Å². The maximum absolute atomic E-state index is 12.2. The number of rotatable bonds is 2. The fourth-order valence-corrected chi connectivity index (χ4v) is 3.00. The van der Waals surface area contributed by atoms with Crippen molar-refractivity contribution in [1.29, 1.82) is 0 Å². The van der Waals surface area contributed by atoms with Gasteiger partial charge in [-0.2, -0.15) is 0 Å². The third-order valence-electron chi connectivity index (χ3n) is 3.33. The Morgan fingerprint density at radius 2 is 2.00 bits per heavy atom. The van der Waals surface area contributed by atoms with Gasteiger partial charge in [0.05, 0.1) is 4.88 Å². The predicted molar refractivity (Wildman–Crippen MR) is 70.2 cm³/mol. The van der Waals surface area contributed by atoms with E-state index in [9.17, 15) is 9.59 Å². The molecule has 1 atom stereocenters. The number of thiophene rings is 1. The molecule has 1 aliphatic heterocycles. The molecule has 2 heterocycles. The molecule has 1 fully saturated rings. The van der Waals surface area contributed by atoms with Gasteiger partial charge >= 0.3 is 5.97 Å². The van der Waals surface area contributed by atoms with Gasteiger partial charge in [0.15, 0.2) is 0 Å². The number of carbonyl (C=O) groups excluding carboxylic acids is 1. The van der Waals surface area contributed by atoms with E-state index in [1.54, 1.807) is 6.07 Å². The van der Waals surface area contributed by atoms with Gasteiger partial charge in [0.25, 0.3) is 5.91 Å².